The standard InChI is InChI=1S/C9H17N3S/c1-3-9(4-2,7-10)12-8-11-5-6-13-8/h5-6H,3-4,7,10H2,1-2H3,(H,11,12). The van der Waals surface area contributed by atoms with Crippen molar-refractivity contribution < 1.29 is 0 Å². The number of hydrogen-bond acceptors (Lipinski definition) is 4. The summed E-state index contributed by atoms with van der Waals surface area (Å²) in [6.45, 7) is 4.95. The number of nitrogens with zero attached hydrogens (tertiary/aromatic N) is 1. The van der Waals surface area contributed by atoms with Gasteiger partial charge in [-0.15, -0.1) is 11.3 Å². The fraction of sp³-hybridized carbons (Fsp3) is 0.667. The Labute approximate surface area is 83.4 Å². The summed E-state index contributed by atoms with van der Waals surface area (Å²) in [4.78, 5) is 4.20. The second-order valence-corrected chi connectivity index (χ2v) is 4.05. The van der Waals surface area contributed by atoms with E-state index in [1.165, 1.54) is 0 Å². The van der Waals surface area contributed by atoms with Crippen molar-refractivity contribution in [2.75, 3.05) is 11.9 Å². The summed E-state index contributed by atoms with van der Waals surface area (Å²) in [6.07, 6.45) is 3.86. The minimum atomic E-state index is 0.0256. The first-order valence-corrected chi connectivity index (χ1v) is 5.52. The van der Waals surface area contributed by atoms with Crippen molar-refractivity contribution in [2.45, 2.75) is 32.2 Å². The molecule has 0 saturated heterocycles. The van der Waals surface area contributed by atoms with Crippen LogP contribution in [0.3, 0.4) is 0 Å². The number of nitrogens with two attached hydrogens (primary N) is 1. The average Bonchev–Trinajstić information content (AvgIpc) is 2.67. The van der Waals surface area contributed by atoms with Gasteiger partial charge in [0.2, 0.25) is 0 Å². The third-order valence-corrected chi connectivity index (χ3v) is 3.24. The molecule has 3 N–H and O–H groups in total. The highest BCUT2D eigenvalue weighted by atomic mass is 32.1. The van der Waals surface area contributed by atoms with Gasteiger partial charge in [-0.1, -0.05) is 13.8 Å². The summed E-state index contributed by atoms with van der Waals surface area (Å²) in [5.74, 6) is 0. The van der Waals surface area contributed by atoms with Gasteiger partial charge in [0.05, 0.1) is 5.54 Å². The topological polar surface area (TPSA) is 50.9 Å². The minimum absolute atomic E-state index is 0.0256. The third-order valence-electron chi connectivity index (χ3n) is 2.55. The van der Waals surface area contributed by atoms with Gasteiger partial charge in [-0.2, -0.15) is 0 Å². The summed E-state index contributed by atoms with van der Waals surface area (Å²) in [5.41, 5.74) is 5.79. The lowest BCUT2D eigenvalue weighted by Crippen LogP contribution is -2.44. The van der Waals surface area contributed by atoms with Crippen molar-refractivity contribution in [3.05, 3.63) is 11.6 Å². The van der Waals surface area contributed by atoms with Gasteiger partial charge in [-0.05, 0) is 12.8 Å². The van der Waals surface area contributed by atoms with Gasteiger partial charge in [0, 0.05) is 18.1 Å². The van der Waals surface area contributed by atoms with Crippen LogP contribution in [0.1, 0.15) is 26.7 Å². The van der Waals surface area contributed by atoms with Gasteiger partial charge < -0.3 is 11.1 Å². The lowest BCUT2D eigenvalue weighted by molar-refractivity contribution is 0.445. The molecule has 0 spiro atoms. The molecule has 74 valence electrons. The molecule has 0 unspecified atom stereocenters. The normalized spacial score (nSPS) is 11.6. The van der Waals surface area contributed by atoms with Gasteiger partial charge >= 0.3 is 0 Å². The van der Waals surface area contributed by atoms with Crippen LogP contribution in [0.25, 0.3) is 0 Å². The maximum absolute atomic E-state index is 5.76. The molecule has 0 saturated carbocycles. The van der Waals surface area contributed by atoms with Crippen LogP contribution in [0.15, 0.2) is 11.6 Å². The molecule has 0 atom stereocenters. The number of hydrogen-bond donors (Lipinski definition) is 2. The van der Waals surface area contributed by atoms with E-state index in [9.17, 15) is 0 Å². The van der Waals surface area contributed by atoms with Crippen molar-refractivity contribution in [2.24, 2.45) is 5.73 Å². The van der Waals surface area contributed by atoms with Gasteiger partial charge in [-0.3, -0.25) is 0 Å². The van der Waals surface area contributed by atoms with Crippen molar-refractivity contribution in [3.8, 4) is 0 Å². The Morgan fingerprint density at radius 1 is 1.54 bits per heavy atom. The molecule has 0 aliphatic heterocycles. The minimum Gasteiger partial charge on any atom is -0.355 e. The Hall–Kier alpha value is -0.610. The molecular weight excluding hydrogens is 182 g/mol. The van der Waals surface area contributed by atoms with Crippen LogP contribution in [0.5, 0.6) is 0 Å². The van der Waals surface area contributed by atoms with Gasteiger partial charge in [0.15, 0.2) is 5.13 Å². The fourth-order valence-electron chi connectivity index (χ4n) is 1.28. The molecule has 1 aromatic rings. The first-order chi connectivity index (χ1) is 6.26. The molecule has 1 rings (SSSR count). The number of thiazole rings is 1. The van der Waals surface area contributed by atoms with E-state index in [0.717, 1.165) is 18.0 Å². The maximum Gasteiger partial charge on any atom is 0.183 e. The first kappa shape index (κ1) is 10.5. The van der Waals surface area contributed by atoms with Crippen LogP contribution in [0, 0.1) is 0 Å². The van der Waals surface area contributed by atoms with Crippen molar-refractivity contribution >= 4 is 16.5 Å². The smallest absolute Gasteiger partial charge is 0.183 e. The molecule has 0 radical (unpaired) electrons. The molecule has 0 bridgehead atoms. The predicted octanol–water partition coefficient (Wildman–Crippen LogP) is 2.07. The SMILES string of the molecule is CCC(CC)(CN)Nc1nccs1. The number of anilines is 1. The summed E-state index contributed by atoms with van der Waals surface area (Å²) < 4.78 is 0. The quantitative estimate of drug-likeness (QED) is 0.763. The molecule has 0 aliphatic rings. The Morgan fingerprint density at radius 2 is 2.23 bits per heavy atom. The Kier molecular flexibility index (Phi) is 3.69. The summed E-state index contributed by atoms with van der Waals surface area (Å²) in [7, 11) is 0. The third kappa shape index (κ3) is 2.42. The van der Waals surface area contributed by atoms with Crippen LogP contribution >= 0.6 is 11.3 Å². The van der Waals surface area contributed by atoms with E-state index in [-0.39, 0.29) is 5.54 Å². The summed E-state index contributed by atoms with van der Waals surface area (Å²) in [6, 6.07) is 0. The maximum atomic E-state index is 5.76. The zero-order valence-corrected chi connectivity index (χ0v) is 9.03. The van der Waals surface area contributed by atoms with Gasteiger partial charge in [0.1, 0.15) is 0 Å². The predicted molar refractivity (Wildman–Crippen MR) is 58.1 cm³/mol. The lowest BCUT2D eigenvalue weighted by atomic mass is 9.93. The van der Waals surface area contributed by atoms with Gasteiger partial charge in [-0.25, -0.2) is 4.98 Å². The number of aromatic nitrogens is 1. The molecule has 0 amide bonds. The van der Waals surface area contributed by atoms with Crippen molar-refractivity contribution in [1.82, 2.24) is 4.98 Å². The molecule has 3 nitrogen and oxygen atoms in total. The second kappa shape index (κ2) is 4.58. The van der Waals surface area contributed by atoms with Crippen LogP contribution in [0.2, 0.25) is 0 Å². The zero-order chi connectivity index (χ0) is 9.73. The summed E-state index contributed by atoms with van der Waals surface area (Å²) in [5, 5.41) is 6.34. The number of nitrogens with one attached hydrogen (secondary N) is 1. The molecule has 4 heteroatoms. The molecule has 1 heterocycles. The molecule has 1 aromatic heterocycles. The Balaban J connectivity index is 2.67. The monoisotopic (exact) mass is 199 g/mol. The highest BCUT2D eigenvalue weighted by Gasteiger charge is 2.24. The second-order valence-electron chi connectivity index (χ2n) is 3.15. The van der Waals surface area contributed by atoms with E-state index < -0.39 is 0 Å². The summed E-state index contributed by atoms with van der Waals surface area (Å²) >= 11 is 1.62. The fourth-order valence-corrected chi connectivity index (χ4v) is 1.93. The van der Waals surface area contributed by atoms with E-state index >= 15 is 0 Å². The molecule has 13 heavy (non-hydrogen) atoms. The molecular formula is C9H17N3S. The van der Waals surface area contributed by atoms with Gasteiger partial charge in [0.25, 0.3) is 0 Å². The first-order valence-electron chi connectivity index (χ1n) is 4.64. The molecule has 0 fully saturated rings. The largest absolute Gasteiger partial charge is 0.355 e. The van der Waals surface area contributed by atoms with E-state index in [0.29, 0.717) is 6.54 Å². The van der Waals surface area contributed by atoms with E-state index in [4.69, 9.17) is 5.73 Å². The van der Waals surface area contributed by atoms with E-state index in [2.05, 4.69) is 24.1 Å². The van der Waals surface area contributed by atoms with Crippen LogP contribution < -0.4 is 11.1 Å². The van der Waals surface area contributed by atoms with E-state index in [1.54, 1.807) is 17.5 Å². The average molecular weight is 199 g/mol. The zero-order valence-electron chi connectivity index (χ0n) is 8.21. The van der Waals surface area contributed by atoms with Crippen molar-refractivity contribution in [1.29, 1.82) is 0 Å². The van der Waals surface area contributed by atoms with E-state index in [1.807, 2.05) is 5.38 Å². The highest BCUT2D eigenvalue weighted by Crippen LogP contribution is 2.22. The van der Waals surface area contributed by atoms with Crippen LogP contribution in [-0.2, 0) is 0 Å². The highest BCUT2D eigenvalue weighted by molar-refractivity contribution is 7.13. The molecule has 0 aliphatic carbocycles. The van der Waals surface area contributed by atoms with Crippen LogP contribution in [0.4, 0.5) is 5.13 Å². The molecule has 0 aromatic carbocycles. The number of rotatable bonds is 5. The van der Waals surface area contributed by atoms with Crippen molar-refractivity contribution in [3.63, 3.8) is 0 Å². The van der Waals surface area contributed by atoms with Crippen LogP contribution in [-0.4, -0.2) is 17.1 Å². The Bertz CT molecular complexity index is 221. The Morgan fingerprint density at radius 3 is 2.62 bits per heavy atom. The lowest BCUT2D eigenvalue weighted by Gasteiger charge is -2.31.